The minimum Gasteiger partial charge on any atom is -0.400 e. The highest BCUT2D eigenvalue weighted by Gasteiger charge is 2.05. The fraction of sp³-hybridized carbons (Fsp3) is 1.00. The summed E-state index contributed by atoms with van der Waals surface area (Å²) in [5.74, 6) is 0. The van der Waals surface area contributed by atoms with Crippen LogP contribution in [0.2, 0.25) is 0 Å². The number of hydrogen-bond donors (Lipinski definition) is 2. The normalized spacial score (nSPS) is 20.3. The minimum atomic E-state index is 0.950. The van der Waals surface area contributed by atoms with Crippen LogP contribution in [0, 0.1) is 0 Å². The van der Waals surface area contributed by atoms with E-state index in [2.05, 4.69) is 7.05 Å². The molecule has 3 nitrogen and oxygen atoms in total. The van der Waals surface area contributed by atoms with Crippen molar-refractivity contribution in [2.75, 3.05) is 40.5 Å². The molecule has 56 valence electrons. The molecule has 0 unspecified atom stereocenters. The molecule has 1 rings (SSSR count). The van der Waals surface area contributed by atoms with Crippen LogP contribution in [0.5, 0.6) is 0 Å². The van der Waals surface area contributed by atoms with E-state index < -0.39 is 0 Å². The van der Waals surface area contributed by atoms with Crippen molar-refractivity contribution in [1.82, 2.24) is 0 Å². The molecular formula is C6H16NO2+. The van der Waals surface area contributed by atoms with Crippen molar-refractivity contribution in [3.8, 4) is 0 Å². The third-order valence-corrected chi connectivity index (χ3v) is 1.35. The molecule has 0 amide bonds. The van der Waals surface area contributed by atoms with Gasteiger partial charge in [0.15, 0.2) is 0 Å². The van der Waals surface area contributed by atoms with Crippen molar-refractivity contribution < 1.29 is 14.7 Å². The summed E-state index contributed by atoms with van der Waals surface area (Å²) in [6.07, 6.45) is 0. The number of aliphatic hydroxyl groups is 1. The van der Waals surface area contributed by atoms with Gasteiger partial charge in [-0.05, 0) is 0 Å². The molecule has 0 aromatic heterocycles. The maximum absolute atomic E-state index is 7.00. The largest absolute Gasteiger partial charge is 0.400 e. The van der Waals surface area contributed by atoms with Crippen LogP contribution in [0.15, 0.2) is 0 Å². The Hall–Kier alpha value is -0.120. The Morgan fingerprint density at radius 3 is 1.89 bits per heavy atom. The lowest BCUT2D eigenvalue weighted by Crippen LogP contribution is -3.11. The number of rotatable bonds is 0. The molecule has 9 heavy (non-hydrogen) atoms. The van der Waals surface area contributed by atoms with E-state index in [-0.39, 0.29) is 0 Å². The molecule has 0 aromatic rings. The van der Waals surface area contributed by atoms with Gasteiger partial charge in [-0.1, -0.05) is 0 Å². The first kappa shape index (κ1) is 8.88. The molecule has 0 aromatic carbocycles. The zero-order valence-electron chi connectivity index (χ0n) is 6.18. The summed E-state index contributed by atoms with van der Waals surface area (Å²) in [7, 11) is 3.20. The Kier molecular flexibility index (Phi) is 5.93. The molecule has 0 atom stereocenters. The summed E-state index contributed by atoms with van der Waals surface area (Å²) >= 11 is 0. The topological polar surface area (TPSA) is 33.9 Å². The van der Waals surface area contributed by atoms with Crippen molar-refractivity contribution in [3.63, 3.8) is 0 Å². The second-order valence-electron chi connectivity index (χ2n) is 2.07. The van der Waals surface area contributed by atoms with Gasteiger partial charge in [0.1, 0.15) is 13.1 Å². The summed E-state index contributed by atoms with van der Waals surface area (Å²) in [6.45, 7) is 4.26. The standard InChI is InChI=1S/C5H11NO.CH4O/c1-6-2-4-7-5-3-6;1-2/h2-5H2,1H3;2H,1H3/p+1. The van der Waals surface area contributed by atoms with E-state index in [9.17, 15) is 0 Å². The van der Waals surface area contributed by atoms with E-state index in [1.165, 1.54) is 13.1 Å². The molecule has 3 heteroatoms. The van der Waals surface area contributed by atoms with E-state index in [1.54, 1.807) is 4.90 Å². The molecule has 1 heterocycles. The average molecular weight is 134 g/mol. The fourth-order valence-corrected chi connectivity index (χ4v) is 0.720. The summed E-state index contributed by atoms with van der Waals surface area (Å²) in [4.78, 5) is 1.59. The maximum atomic E-state index is 7.00. The lowest BCUT2D eigenvalue weighted by molar-refractivity contribution is -0.888. The van der Waals surface area contributed by atoms with Crippen LogP contribution in [-0.4, -0.2) is 45.6 Å². The Morgan fingerprint density at radius 2 is 1.67 bits per heavy atom. The third kappa shape index (κ3) is 4.39. The molecule has 0 saturated carbocycles. The van der Waals surface area contributed by atoms with Crippen molar-refractivity contribution in [2.24, 2.45) is 0 Å². The third-order valence-electron chi connectivity index (χ3n) is 1.35. The van der Waals surface area contributed by atoms with E-state index in [4.69, 9.17) is 9.84 Å². The van der Waals surface area contributed by atoms with Gasteiger partial charge < -0.3 is 14.7 Å². The zero-order chi connectivity index (χ0) is 7.11. The van der Waals surface area contributed by atoms with Gasteiger partial charge >= 0.3 is 0 Å². The van der Waals surface area contributed by atoms with Crippen LogP contribution < -0.4 is 4.90 Å². The first-order valence-electron chi connectivity index (χ1n) is 3.23. The zero-order valence-corrected chi connectivity index (χ0v) is 6.18. The smallest absolute Gasteiger partial charge is 0.101 e. The Balaban J connectivity index is 0.000000291. The number of nitrogens with one attached hydrogen (secondary N) is 1. The van der Waals surface area contributed by atoms with Gasteiger partial charge in [-0.15, -0.1) is 0 Å². The van der Waals surface area contributed by atoms with Gasteiger partial charge in [-0.2, -0.15) is 0 Å². The van der Waals surface area contributed by atoms with Crippen LogP contribution in [0.25, 0.3) is 0 Å². The predicted octanol–water partition coefficient (Wildman–Crippen LogP) is -1.86. The minimum absolute atomic E-state index is 0.950. The molecule has 1 fully saturated rings. The molecule has 1 saturated heterocycles. The molecule has 0 radical (unpaired) electrons. The van der Waals surface area contributed by atoms with Crippen LogP contribution >= 0.6 is 0 Å². The number of likely N-dealkylation sites (N-methyl/N-ethyl adjacent to an activating group) is 1. The molecule has 2 N–H and O–H groups in total. The van der Waals surface area contributed by atoms with E-state index in [0.717, 1.165) is 20.3 Å². The monoisotopic (exact) mass is 134 g/mol. The second-order valence-corrected chi connectivity index (χ2v) is 2.07. The fourth-order valence-electron chi connectivity index (χ4n) is 0.720. The first-order chi connectivity index (χ1) is 4.39. The van der Waals surface area contributed by atoms with Gasteiger partial charge in [0.05, 0.1) is 20.3 Å². The number of quaternary nitrogens is 1. The van der Waals surface area contributed by atoms with E-state index in [0.29, 0.717) is 0 Å². The van der Waals surface area contributed by atoms with Gasteiger partial charge in [-0.25, -0.2) is 0 Å². The van der Waals surface area contributed by atoms with Crippen LogP contribution in [0.1, 0.15) is 0 Å². The molecular weight excluding hydrogens is 118 g/mol. The quantitative estimate of drug-likeness (QED) is 0.407. The Labute approximate surface area is 56.2 Å². The summed E-state index contributed by atoms with van der Waals surface area (Å²) < 4.78 is 5.12. The Morgan fingerprint density at radius 1 is 1.22 bits per heavy atom. The summed E-state index contributed by atoms with van der Waals surface area (Å²) in [5.41, 5.74) is 0. The first-order valence-corrected chi connectivity index (χ1v) is 3.23. The van der Waals surface area contributed by atoms with Gasteiger partial charge in [0, 0.05) is 7.11 Å². The van der Waals surface area contributed by atoms with Crippen LogP contribution in [0.4, 0.5) is 0 Å². The average Bonchev–Trinajstić information content (AvgIpc) is 1.94. The van der Waals surface area contributed by atoms with Gasteiger partial charge in [0.25, 0.3) is 0 Å². The summed E-state index contributed by atoms with van der Waals surface area (Å²) in [5, 5.41) is 7.00. The number of morpholine rings is 1. The highest BCUT2D eigenvalue weighted by Crippen LogP contribution is 1.71. The van der Waals surface area contributed by atoms with Crippen molar-refractivity contribution in [3.05, 3.63) is 0 Å². The maximum Gasteiger partial charge on any atom is 0.101 e. The lowest BCUT2D eigenvalue weighted by atomic mass is 10.5. The SMILES string of the molecule is CO.C[NH+]1CCOCC1. The highest BCUT2D eigenvalue weighted by molar-refractivity contribution is 4.34. The molecule has 1 aliphatic rings. The van der Waals surface area contributed by atoms with Crippen molar-refractivity contribution in [2.45, 2.75) is 0 Å². The molecule has 0 aliphatic carbocycles. The highest BCUT2D eigenvalue weighted by atomic mass is 16.5. The Bertz CT molecular complexity index is 53.0. The van der Waals surface area contributed by atoms with Crippen LogP contribution in [0.3, 0.4) is 0 Å². The number of ether oxygens (including phenoxy) is 1. The number of hydrogen-bond acceptors (Lipinski definition) is 2. The van der Waals surface area contributed by atoms with E-state index in [1.807, 2.05) is 0 Å². The molecule has 0 spiro atoms. The van der Waals surface area contributed by atoms with E-state index >= 15 is 0 Å². The second kappa shape index (κ2) is 6.01. The predicted molar refractivity (Wildman–Crippen MR) is 35.6 cm³/mol. The van der Waals surface area contributed by atoms with Crippen LogP contribution in [-0.2, 0) is 4.74 Å². The lowest BCUT2D eigenvalue weighted by Gasteiger charge is -2.18. The molecule has 0 bridgehead atoms. The van der Waals surface area contributed by atoms with Gasteiger partial charge in [-0.3, -0.25) is 0 Å². The van der Waals surface area contributed by atoms with Crippen molar-refractivity contribution >= 4 is 0 Å². The molecule has 1 aliphatic heterocycles. The number of aliphatic hydroxyl groups excluding tert-OH is 1. The van der Waals surface area contributed by atoms with Gasteiger partial charge in [0.2, 0.25) is 0 Å². The summed E-state index contributed by atoms with van der Waals surface area (Å²) in [6, 6.07) is 0. The van der Waals surface area contributed by atoms with Crippen molar-refractivity contribution in [1.29, 1.82) is 0 Å².